The van der Waals surface area contributed by atoms with E-state index in [0.29, 0.717) is 10.1 Å². The van der Waals surface area contributed by atoms with Gasteiger partial charge in [-0.15, -0.1) is 0 Å². The minimum absolute atomic E-state index is 0.0578. The predicted octanol–water partition coefficient (Wildman–Crippen LogP) is 6.63. The van der Waals surface area contributed by atoms with Gasteiger partial charge in [0.15, 0.2) is 5.11 Å². The molecule has 4 nitrogen and oxygen atoms in total. The third-order valence-electron chi connectivity index (χ3n) is 6.35. The van der Waals surface area contributed by atoms with Gasteiger partial charge in [0.1, 0.15) is 0 Å². The summed E-state index contributed by atoms with van der Waals surface area (Å²) < 4.78 is 2.33. The summed E-state index contributed by atoms with van der Waals surface area (Å²) in [7, 11) is 0. The Morgan fingerprint density at radius 2 is 1.67 bits per heavy atom. The highest BCUT2D eigenvalue weighted by molar-refractivity contribution is 7.80. The van der Waals surface area contributed by atoms with Gasteiger partial charge in [0.25, 0.3) is 0 Å². The standard InChI is InChI=1S/C27H25ClN4S/c1-17-8-4-5-10-24(17)31-18(2)16-22(19(31)3)26-25(23-9-6-7-15-29-23)30-27(33)32(26)21-13-11-20(28)12-14-21/h4-16,25-26H,1-3H3,(H,30,33)/t25-,26-/m0/s1. The SMILES string of the molecule is Cc1ccccc1-n1c(C)cc([C@H]2[C@H](c3ccccn3)NC(=S)N2c2ccc(Cl)cc2)c1C. The molecule has 4 aromatic rings. The summed E-state index contributed by atoms with van der Waals surface area (Å²) in [6.45, 7) is 6.49. The van der Waals surface area contributed by atoms with Crippen molar-refractivity contribution in [3.63, 3.8) is 0 Å². The molecular formula is C27H25ClN4S. The van der Waals surface area contributed by atoms with Gasteiger partial charge < -0.3 is 14.8 Å². The zero-order chi connectivity index (χ0) is 23.1. The van der Waals surface area contributed by atoms with Gasteiger partial charge in [-0.25, -0.2) is 0 Å². The number of thiocarbonyl (C=S) groups is 1. The first-order chi connectivity index (χ1) is 16.0. The van der Waals surface area contributed by atoms with Crippen LogP contribution in [-0.2, 0) is 0 Å². The van der Waals surface area contributed by atoms with E-state index >= 15 is 0 Å². The Balaban J connectivity index is 1.69. The Morgan fingerprint density at radius 1 is 0.939 bits per heavy atom. The van der Waals surface area contributed by atoms with Crippen LogP contribution in [0.15, 0.2) is 79.0 Å². The third kappa shape index (κ3) is 3.81. The van der Waals surface area contributed by atoms with Gasteiger partial charge in [0.2, 0.25) is 0 Å². The van der Waals surface area contributed by atoms with E-state index in [1.54, 1.807) is 0 Å². The van der Waals surface area contributed by atoms with Gasteiger partial charge in [-0.05, 0) is 92.6 Å². The maximum atomic E-state index is 6.18. The summed E-state index contributed by atoms with van der Waals surface area (Å²) in [5.41, 5.74) is 7.99. The second kappa shape index (κ2) is 8.65. The van der Waals surface area contributed by atoms with Crippen molar-refractivity contribution >= 4 is 34.6 Å². The fourth-order valence-electron chi connectivity index (χ4n) is 4.82. The Labute approximate surface area is 204 Å². The first-order valence-electron chi connectivity index (χ1n) is 11.0. The van der Waals surface area contributed by atoms with Crippen molar-refractivity contribution in [1.29, 1.82) is 0 Å². The molecule has 3 heterocycles. The molecule has 5 rings (SSSR count). The fourth-order valence-corrected chi connectivity index (χ4v) is 5.29. The van der Waals surface area contributed by atoms with Crippen LogP contribution in [0.4, 0.5) is 5.69 Å². The number of nitrogens with one attached hydrogen (secondary N) is 1. The monoisotopic (exact) mass is 472 g/mol. The van der Waals surface area contributed by atoms with Crippen LogP contribution in [0.1, 0.15) is 40.3 Å². The number of halogens is 1. The van der Waals surface area contributed by atoms with Gasteiger partial charge in [0, 0.05) is 34.0 Å². The zero-order valence-electron chi connectivity index (χ0n) is 18.8. The molecule has 1 N–H and O–H groups in total. The molecule has 0 bridgehead atoms. The largest absolute Gasteiger partial charge is 0.351 e. The molecular weight excluding hydrogens is 448 g/mol. The molecule has 0 radical (unpaired) electrons. The van der Waals surface area contributed by atoms with Gasteiger partial charge in [-0.1, -0.05) is 35.9 Å². The highest BCUT2D eigenvalue weighted by atomic mass is 35.5. The van der Waals surface area contributed by atoms with Crippen molar-refractivity contribution in [2.75, 3.05) is 4.90 Å². The zero-order valence-corrected chi connectivity index (χ0v) is 20.4. The second-order valence-electron chi connectivity index (χ2n) is 8.42. The number of benzene rings is 2. The lowest BCUT2D eigenvalue weighted by molar-refractivity contribution is 0.565. The second-order valence-corrected chi connectivity index (χ2v) is 9.24. The van der Waals surface area contributed by atoms with Gasteiger partial charge >= 0.3 is 0 Å². The number of pyridine rings is 1. The van der Waals surface area contributed by atoms with E-state index in [0.717, 1.165) is 11.4 Å². The van der Waals surface area contributed by atoms with Crippen LogP contribution in [0, 0.1) is 20.8 Å². The van der Waals surface area contributed by atoms with E-state index in [1.807, 2.05) is 42.6 Å². The first-order valence-corrected chi connectivity index (χ1v) is 11.8. The van der Waals surface area contributed by atoms with Gasteiger partial charge in [-0.2, -0.15) is 0 Å². The number of aryl methyl sites for hydroxylation is 2. The summed E-state index contributed by atoms with van der Waals surface area (Å²) in [4.78, 5) is 6.86. The Morgan fingerprint density at radius 3 is 2.36 bits per heavy atom. The average Bonchev–Trinajstić information content (AvgIpc) is 3.31. The maximum absolute atomic E-state index is 6.18. The molecule has 0 spiro atoms. The average molecular weight is 473 g/mol. The van der Waals surface area contributed by atoms with Crippen molar-refractivity contribution in [3.8, 4) is 5.69 Å². The Hall–Kier alpha value is -3.15. The van der Waals surface area contributed by atoms with Crippen LogP contribution >= 0.6 is 23.8 Å². The van der Waals surface area contributed by atoms with Crippen LogP contribution in [0.2, 0.25) is 5.02 Å². The van der Waals surface area contributed by atoms with E-state index in [9.17, 15) is 0 Å². The van der Waals surface area contributed by atoms with E-state index in [4.69, 9.17) is 23.8 Å². The molecule has 2 aromatic heterocycles. The minimum Gasteiger partial charge on any atom is -0.351 e. The lowest BCUT2D eigenvalue weighted by Gasteiger charge is -2.28. The highest BCUT2D eigenvalue weighted by Crippen LogP contribution is 2.44. The molecule has 1 aliphatic rings. The van der Waals surface area contributed by atoms with Crippen molar-refractivity contribution < 1.29 is 0 Å². The van der Waals surface area contributed by atoms with Gasteiger partial charge in [0.05, 0.1) is 17.8 Å². The van der Waals surface area contributed by atoms with Crippen LogP contribution in [0.3, 0.4) is 0 Å². The topological polar surface area (TPSA) is 33.1 Å². The molecule has 0 aliphatic carbocycles. The van der Waals surface area contributed by atoms with E-state index in [1.165, 1.54) is 28.2 Å². The molecule has 2 aromatic carbocycles. The lowest BCUT2D eigenvalue weighted by Crippen LogP contribution is -2.29. The van der Waals surface area contributed by atoms with E-state index in [2.05, 4.69) is 76.9 Å². The van der Waals surface area contributed by atoms with Crippen molar-refractivity contribution in [2.45, 2.75) is 32.9 Å². The van der Waals surface area contributed by atoms with Crippen molar-refractivity contribution in [2.24, 2.45) is 0 Å². The minimum atomic E-state index is -0.0831. The summed E-state index contributed by atoms with van der Waals surface area (Å²) in [6, 6.07) is 24.5. The molecule has 0 amide bonds. The van der Waals surface area contributed by atoms with Crippen LogP contribution in [0.5, 0.6) is 0 Å². The molecule has 1 aliphatic heterocycles. The maximum Gasteiger partial charge on any atom is 0.174 e. The molecule has 33 heavy (non-hydrogen) atoms. The molecule has 0 unspecified atom stereocenters. The smallest absolute Gasteiger partial charge is 0.174 e. The van der Waals surface area contributed by atoms with Crippen LogP contribution in [-0.4, -0.2) is 14.7 Å². The number of hydrogen-bond donors (Lipinski definition) is 1. The highest BCUT2D eigenvalue weighted by Gasteiger charge is 2.42. The normalized spacial score (nSPS) is 17.9. The summed E-state index contributed by atoms with van der Waals surface area (Å²) >= 11 is 12.0. The third-order valence-corrected chi connectivity index (χ3v) is 6.91. The Kier molecular flexibility index (Phi) is 5.69. The number of aromatic nitrogens is 2. The molecule has 1 saturated heterocycles. The number of hydrogen-bond acceptors (Lipinski definition) is 2. The first kappa shape index (κ1) is 21.7. The lowest BCUT2D eigenvalue weighted by atomic mass is 9.96. The number of rotatable bonds is 4. The summed E-state index contributed by atoms with van der Waals surface area (Å²) in [5.74, 6) is 0. The van der Waals surface area contributed by atoms with Gasteiger partial charge in [-0.3, -0.25) is 4.98 Å². The quantitative estimate of drug-likeness (QED) is 0.338. The predicted molar refractivity (Wildman–Crippen MR) is 139 cm³/mol. The molecule has 2 atom stereocenters. The molecule has 0 saturated carbocycles. The number of nitrogens with zero attached hydrogens (tertiary/aromatic N) is 3. The van der Waals surface area contributed by atoms with Crippen molar-refractivity contribution in [1.82, 2.24) is 14.9 Å². The molecule has 166 valence electrons. The fraction of sp³-hybridized carbons (Fsp3) is 0.185. The summed E-state index contributed by atoms with van der Waals surface area (Å²) in [5, 5.41) is 4.92. The van der Waals surface area contributed by atoms with Crippen LogP contribution in [0.25, 0.3) is 5.69 Å². The summed E-state index contributed by atoms with van der Waals surface area (Å²) in [6.07, 6.45) is 1.83. The Bertz CT molecular complexity index is 1310. The van der Waals surface area contributed by atoms with Crippen molar-refractivity contribution in [3.05, 3.63) is 112 Å². The number of para-hydroxylation sites is 1. The molecule has 1 fully saturated rings. The van der Waals surface area contributed by atoms with E-state index < -0.39 is 0 Å². The molecule has 6 heteroatoms. The number of anilines is 1. The van der Waals surface area contributed by atoms with E-state index in [-0.39, 0.29) is 12.1 Å². The van der Waals surface area contributed by atoms with Crippen LogP contribution < -0.4 is 10.2 Å².